The molecule has 2 rings (SSSR count). The Balaban J connectivity index is 2.41. The second-order valence-corrected chi connectivity index (χ2v) is 9.62. The molecule has 0 amide bonds. The molecule has 0 spiro atoms. The Morgan fingerprint density at radius 3 is 2.47 bits per heavy atom. The lowest BCUT2D eigenvalue weighted by molar-refractivity contribution is 0.681. The van der Waals surface area contributed by atoms with Crippen LogP contribution in [0.15, 0.2) is 18.5 Å². The minimum Gasteiger partial charge on any atom is -0.251 e. The van der Waals surface area contributed by atoms with Gasteiger partial charge in [0, 0.05) is 13.1 Å². The number of hydrogen-bond donors (Lipinski definition) is 0. The molecule has 0 aromatic carbocycles. The molecule has 0 bridgehead atoms. The van der Waals surface area contributed by atoms with Crippen molar-refractivity contribution in [1.29, 1.82) is 0 Å². The second-order valence-electron chi connectivity index (χ2n) is 4.61. The van der Waals surface area contributed by atoms with E-state index in [1.54, 1.807) is 15.6 Å². The lowest BCUT2D eigenvalue weighted by Gasteiger charge is -2.09. The Kier molecular flexibility index (Phi) is 2.22. The fraction of sp³-hybridized carbons (Fsp3) is 0.444. The van der Waals surface area contributed by atoms with Crippen molar-refractivity contribution in [2.75, 3.05) is 0 Å². The highest BCUT2D eigenvalue weighted by Gasteiger charge is 2.21. The molecule has 0 N–H and O–H groups in total. The lowest BCUT2D eigenvalue weighted by atomic mass is 10.6. The first-order chi connectivity index (χ1) is 6.98. The van der Waals surface area contributed by atoms with E-state index >= 15 is 0 Å². The molecular weight excluding hydrogens is 206 g/mol. The van der Waals surface area contributed by atoms with Crippen molar-refractivity contribution in [3.8, 4) is 5.82 Å². The zero-order chi connectivity index (χ0) is 11.1. The molecule has 0 aliphatic carbocycles. The summed E-state index contributed by atoms with van der Waals surface area (Å²) in [6.45, 7) is 6.76. The van der Waals surface area contributed by atoms with Crippen molar-refractivity contribution >= 4 is 13.4 Å². The summed E-state index contributed by atoms with van der Waals surface area (Å²) < 4.78 is 3.56. The highest BCUT2D eigenvalue weighted by atomic mass is 28.3. The fourth-order valence-corrected chi connectivity index (χ4v) is 2.17. The number of nitrogens with zero attached hydrogens (tertiary/aromatic N) is 5. The van der Waals surface area contributed by atoms with E-state index in [2.05, 4.69) is 35.1 Å². The minimum atomic E-state index is -1.37. The van der Waals surface area contributed by atoms with E-state index in [1.807, 2.05) is 19.3 Å². The van der Waals surface area contributed by atoms with Crippen molar-refractivity contribution in [2.24, 2.45) is 7.05 Å². The average Bonchev–Trinajstić information content (AvgIpc) is 2.69. The topological polar surface area (TPSA) is 48.5 Å². The Morgan fingerprint density at radius 1 is 1.27 bits per heavy atom. The predicted octanol–water partition coefficient (Wildman–Crippen LogP) is 0.546. The Labute approximate surface area is 89.7 Å². The zero-order valence-corrected chi connectivity index (χ0v) is 10.5. The molecule has 0 saturated carbocycles. The molecule has 80 valence electrons. The Morgan fingerprint density at radius 2 is 2.00 bits per heavy atom. The second kappa shape index (κ2) is 3.30. The van der Waals surface area contributed by atoms with Crippen LogP contribution in [0.4, 0.5) is 0 Å². The van der Waals surface area contributed by atoms with Crippen LogP contribution in [-0.4, -0.2) is 32.8 Å². The van der Waals surface area contributed by atoms with Gasteiger partial charge in [-0.25, -0.2) is 4.68 Å². The largest absolute Gasteiger partial charge is 0.251 e. The van der Waals surface area contributed by atoms with Gasteiger partial charge in [-0.3, -0.25) is 4.68 Å². The van der Waals surface area contributed by atoms with Crippen molar-refractivity contribution in [3.63, 3.8) is 0 Å². The molecular formula is C9H15N5Si. The standard InChI is InChI=1S/C9H15N5Si/c1-13-9(5-6-10-13)14-7-8(11-12-14)15(2,3)4/h5-7H,1-4H3. The third-order valence-corrected chi connectivity index (χ3v) is 4.06. The van der Waals surface area contributed by atoms with Crippen LogP contribution in [0.1, 0.15) is 0 Å². The molecule has 5 nitrogen and oxygen atoms in total. The molecule has 0 unspecified atom stereocenters. The van der Waals surface area contributed by atoms with Crippen molar-refractivity contribution in [3.05, 3.63) is 18.5 Å². The number of aromatic nitrogens is 5. The molecule has 2 heterocycles. The van der Waals surface area contributed by atoms with Crippen LogP contribution < -0.4 is 5.32 Å². The summed E-state index contributed by atoms with van der Waals surface area (Å²) in [6, 6.07) is 1.92. The highest BCUT2D eigenvalue weighted by Crippen LogP contribution is 2.04. The van der Waals surface area contributed by atoms with Gasteiger partial charge in [0.2, 0.25) is 0 Å². The maximum Gasteiger partial charge on any atom is 0.153 e. The smallest absolute Gasteiger partial charge is 0.153 e. The normalized spacial score (nSPS) is 12.0. The number of rotatable bonds is 2. The molecule has 0 fully saturated rings. The quantitative estimate of drug-likeness (QED) is 0.696. The molecule has 0 atom stereocenters. The highest BCUT2D eigenvalue weighted by molar-refractivity contribution is 6.88. The SMILES string of the molecule is Cn1nccc1-n1cc([Si](C)(C)C)nn1. The van der Waals surface area contributed by atoms with E-state index in [4.69, 9.17) is 0 Å². The van der Waals surface area contributed by atoms with Gasteiger partial charge in [-0.15, -0.1) is 5.10 Å². The Bertz CT molecular complexity index is 465. The summed E-state index contributed by atoms with van der Waals surface area (Å²) in [7, 11) is 0.528. The molecule has 0 radical (unpaired) electrons. The van der Waals surface area contributed by atoms with E-state index in [9.17, 15) is 0 Å². The van der Waals surface area contributed by atoms with Crippen molar-refractivity contribution in [1.82, 2.24) is 24.8 Å². The first kappa shape index (κ1) is 10.1. The molecule has 6 heteroatoms. The van der Waals surface area contributed by atoms with Crippen LogP contribution in [-0.2, 0) is 7.05 Å². The van der Waals surface area contributed by atoms with Gasteiger partial charge in [-0.05, 0) is 0 Å². The van der Waals surface area contributed by atoms with E-state index in [1.165, 1.54) is 0 Å². The van der Waals surface area contributed by atoms with Crippen molar-refractivity contribution < 1.29 is 0 Å². The molecule has 0 aliphatic heterocycles. The van der Waals surface area contributed by atoms with E-state index < -0.39 is 8.07 Å². The van der Waals surface area contributed by atoms with Crippen LogP contribution >= 0.6 is 0 Å². The summed E-state index contributed by atoms with van der Waals surface area (Å²) in [5.74, 6) is 0.937. The zero-order valence-electron chi connectivity index (χ0n) is 9.47. The minimum absolute atomic E-state index is 0.937. The van der Waals surface area contributed by atoms with Crippen LogP contribution in [0.25, 0.3) is 5.82 Å². The summed E-state index contributed by atoms with van der Waals surface area (Å²) in [5.41, 5.74) is 0. The molecule has 15 heavy (non-hydrogen) atoms. The lowest BCUT2D eigenvalue weighted by Crippen LogP contribution is -2.38. The fourth-order valence-electron chi connectivity index (χ4n) is 1.31. The first-order valence-corrected chi connectivity index (χ1v) is 8.40. The molecule has 2 aromatic heterocycles. The van der Waals surface area contributed by atoms with Crippen LogP contribution in [0, 0.1) is 0 Å². The summed E-state index contributed by atoms with van der Waals surface area (Å²) in [4.78, 5) is 0. The number of hydrogen-bond acceptors (Lipinski definition) is 3. The van der Waals surface area contributed by atoms with Gasteiger partial charge in [0.25, 0.3) is 0 Å². The van der Waals surface area contributed by atoms with Gasteiger partial charge in [-0.1, -0.05) is 24.9 Å². The van der Waals surface area contributed by atoms with E-state index in [0.717, 1.165) is 11.1 Å². The van der Waals surface area contributed by atoms with Gasteiger partial charge in [-0.2, -0.15) is 5.10 Å². The average molecular weight is 221 g/mol. The first-order valence-electron chi connectivity index (χ1n) is 4.90. The van der Waals surface area contributed by atoms with Gasteiger partial charge in [0.1, 0.15) is 8.07 Å². The number of aryl methyl sites for hydroxylation is 1. The maximum atomic E-state index is 4.22. The van der Waals surface area contributed by atoms with Gasteiger partial charge in [0.05, 0.1) is 17.7 Å². The van der Waals surface area contributed by atoms with E-state index in [0.29, 0.717) is 0 Å². The Hall–Kier alpha value is -1.43. The summed E-state index contributed by atoms with van der Waals surface area (Å²) >= 11 is 0. The van der Waals surface area contributed by atoms with Gasteiger partial charge in [0.15, 0.2) is 5.82 Å². The van der Waals surface area contributed by atoms with E-state index in [-0.39, 0.29) is 0 Å². The monoisotopic (exact) mass is 221 g/mol. The summed E-state index contributed by atoms with van der Waals surface area (Å²) in [6.07, 6.45) is 3.76. The van der Waals surface area contributed by atoms with Gasteiger partial charge < -0.3 is 0 Å². The molecule has 2 aromatic rings. The molecule has 0 saturated heterocycles. The third-order valence-electron chi connectivity index (χ3n) is 2.29. The molecule has 0 aliphatic rings. The predicted molar refractivity (Wildman–Crippen MR) is 61.1 cm³/mol. The van der Waals surface area contributed by atoms with Crippen LogP contribution in [0.5, 0.6) is 0 Å². The van der Waals surface area contributed by atoms with Crippen molar-refractivity contribution in [2.45, 2.75) is 19.6 Å². The summed E-state index contributed by atoms with van der Waals surface area (Å²) in [5, 5.41) is 13.6. The van der Waals surface area contributed by atoms with Crippen LogP contribution in [0.3, 0.4) is 0 Å². The third kappa shape index (κ3) is 1.85. The van der Waals surface area contributed by atoms with Crippen LogP contribution in [0.2, 0.25) is 19.6 Å². The van der Waals surface area contributed by atoms with Gasteiger partial charge >= 0.3 is 0 Å². The maximum absolute atomic E-state index is 4.22.